The second-order valence-electron chi connectivity index (χ2n) is 2.62. The van der Waals surface area contributed by atoms with Crippen molar-refractivity contribution in [1.82, 2.24) is 0 Å². The minimum atomic E-state index is -3.92. The van der Waals surface area contributed by atoms with Crippen LogP contribution in [0.5, 0.6) is 0 Å². The van der Waals surface area contributed by atoms with Crippen molar-refractivity contribution in [2.45, 2.75) is 11.8 Å². The quantitative estimate of drug-likeness (QED) is 0.719. The largest absolute Gasteiger partial charge is 0.262 e. The van der Waals surface area contributed by atoms with E-state index in [0.717, 1.165) is 0 Å². The molecule has 0 aliphatic heterocycles. The maximum absolute atomic E-state index is 11.0. The zero-order valence-corrected chi connectivity index (χ0v) is 9.41. The maximum Gasteiger partial charge on any atom is 0.262 e. The first-order chi connectivity index (χ1) is 6.38. The molecule has 1 rings (SSSR count). The molecule has 0 bridgehead atoms. The number of rotatable bonds is 1. The lowest BCUT2D eigenvalue weighted by molar-refractivity contribution is 0.609. The number of nitriles is 1. The molecule has 0 amide bonds. The molecule has 0 spiro atoms. The van der Waals surface area contributed by atoms with Gasteiger partial charge in [-0.05, 0) is 18.6 Å². The highest BCUT2D eigenvalue weighted by molar-refractivity contribution is 8.13. The van der Waals surface area contributed by atoms with Crippen molar-refractivity contribution in [2.24, 2.45) is 0 Å². The van der Waals surface area contributed by atoms with Crippen molar-refractivity contribution in [1.29, 1.82) is 5.26 Å². The molecule has 1 aromatic rings. The average Bonchev–Trinajstić information content (AvgIpc) is 2.07. The molecule has 14 heavy (non-hydrogen) atoms. The lowest BCUT2D eigenvalue weighted by Gasteiger charge is -2.03. The number of halogens is 2. The van der Waals surface area contributed by atoms with Crippen LogP contribution in [-0.4, -0.2) is 8.42 Å². The molecule has 6 heteroatoms. The lowest BCUT2D eigenvalue weighted by Crippen LogP contribution is -1.97. The van der Waals surface area contributed by atoms with Gasteiger partial charge in [0.1, 0.15) is 11.0 Å². The van der Waals surface area contributed by atoms with Gasteiger partial charge in [-0.25, -0.2) is 8.42 Å². The van der Waals surface area contributed by atoms with Crippen LogP contribution in [0.3, 0.4) is 0 Å². The molecule has 0 N–H and O–H groups in total. The molecule has 74 valence electrons. The van der Waals surface area contributed by atoms with E-state index in [0.29, 0.717) is 5.56 Å². The molecule has 0 saturated heterocycles. The van der Waals surface area contributed by atoms with E-state index in [1.807, 2.05) is 0 Å². The molecule has 3 nitrogen and oxygen atoms in total. The third-order valence-corrected chi connectivity index (χ3v) is 3.52. The van der Waals surface area contributed by atoms with Crippen molar-refractivity contribution >= 4 is 31.3 Å². The first kappa shape index (κ1) is 11.3. The highest BCUT2D eigenvalue weighted by Gasteiger charge is 2.18. The van der Waals surface area contributed by atoms with E-state index < -0.39 is 9.05 Å². The van der Waals surface area contributed by atoms with Crippen LogP contribution in [-0.2, 0) is 9.05 Å². The fourth-order valence-electron chi connectivity index (χ4n) is 0.970. The first-order valence-electron chi connectivity index (χ1n) is 3.52. The topological polar surface area (TPSA) is 57.9 Å². The van der Waals surface area contributed by atoms with Crippen LogP contribution in [0.2, 0.25) is 5.02 Å². The fraction of sp³-hybridized carbons (Fsp3) is 0.125. The van der Waals surface area contributed by atoms with Gasteiger partial charge in [0.05, 0.1) is 10.6 Å². The second kappa shape index (κ2) is 3.77. The zero-order chi connectivity index (χ0) is 10.9. The van der Waals surface area contributed by atoms with Gasteiger partial charge in [-0.2, -0.15) is 5.26 Å². The Labute approximate surface area is 91.3 Å². The van der Waals surface area contributed by atoms with Crippen molar-refractivity contribution in [2.75, 3.05) is 0 Å². The van der Waals surface area contributed by atoms with Gasteiger partial charge in [0.25, 0.3) is 9.05 Å². The number of aryl methyl sites for hydroxylation is 1. The van der Waals surface area contributed by atoms with E-state index in [9.17, 15) is 8.42 Å². The van der Waals surface area contributed by atoms with Crippen LogP contribution in [0, 0.1) is 18.3 Å². The second-order valence-corrected chi connectivity index (χ2v) is 5.53. The van der Waals surface area contributed by atoms with Gasteiger partial charge in [0, 0.05) is 10.7 Å². The van der Waals surface area contributed by atoms with Gasteiger partial charge in [0.15, 0.2) is 0 Å². The standard InChI is InChI=1S/C8H5Cl2NO2S/c1-5-2-3-7(14(10,12)13)6(4-11)8(5)9/h2-3H,1H3. The molecule has 0 heterocycles. The van der Waals surface area contributed by atoms with Crippen LogP contribution in [0.4, 0.5) is 0 Å². The maximum atomic E-state index is 11.0. The third kappa shape index (κ3) is 2.01. The van der Waals surface area contributed by atoms with Crippen LogP contribution in [0.25, 0.3) is 0 Å². The van der Waals surface area contributed by atoms with E-state index in [1.54, 1.807) is 13.0 Å². The van der Waals surface area contributed by atoms with E-state index in [2.05, 4.69) is 0 Å². The van der Waals surface area contributed by atoms with Gasteiger partial charge in [-0.1, -0.05) is 17.7 Å². The fourth-order valence-corrected chi connectivity index (χ4v) is 2.24. The smallest absolute Gasteiger partial charge is 0.207 e. The molecule has 0 aliphatic rings. The van der Waals surface area contributed by atoms with Gasteiger partial charge in [-0.15, -0.1) is 0 Å². The number of hydrogen-bond acceptors (Lipinski definition) is 3. The minimum Gasteiger partial charge on any atom is -0.207 e. The Kier molecular flexibility index (Phi) is 3.05. The summed E-state index contributed by atoms with van der Waals surface area (Å²) in [5.41, 5.74) is 0.522. The number of nitrogens with zero attached hydrogens (tertiary/aromatic N) is 1. The Hall–Kier alpha value is -0.760. The number of benzene rings is 1. The van der Waals surface area contributed by atoms with Crippen LogP contribution >= 0.6 is 22.3 Å². The molecule has 0 aliphatic carbocycles. The van der Waals surface area contributed by atoms with E-state index >= 15 is 0 Å². The molecule has 0 saturated carbocycles. The molecule has 1 aromatic carbocycles. The normalized spacial score (nSPS) is 11.0. The summed E-state index contributed by atoms with van der Waals surface area (Å²) in [6.07, 6.45) is 0. The van der Waals surface area contributed by atoms with E-state index in [1.165, 1.54) is 12.1 Å². The summed E-state index contributed by atoms with van der Waals surface area (Å²) in [6.45, 7) is 1.67. The van der Waals surface area contributed by atoms with Gasteiger partial charge in [-0.3, -0.25) is 0 Å². The zero-order valence-electron chi connectivity index (χ0n) is 7.08. The summed E-state index contributed by atoms with van der Waals surface area (Å²) >= 11 is 5.76. The molecular weight excluding hydrogens is 245 g/mol. The van der Waals surface area contributed by atoms with E-state index in [4.69, 9.17) is 27.5 Å². The predicted molar refractivity (Wildman–Crippen MR) is 53.9 cm³/mol. The van der Waals surface area contributed by atoms with Gasteiger partial charge >= 0.3 is 0 Å². The highest BCUT2D eigenvalue weighted by Crippen LogP contribution is 2.28. The molecular formula is C8H5Cl2NO2S. The third-order valence-electron chi connectivity index (χ3n) is 1.67. The summed E-state index contributed by atoms with van der Waals surface area (Å²) in [7, 11) is 1.21. The summed E-state index contributed by atoms with van der Waals surface area (Å²) in [5.74, 6) is 0. The van der Waals surface area contributed by atoms with Crippen molar-refractivity contribution < 1.29 is 8.42 Å². The summed E-state index contributed by atoms with van der Waals surface area (Å²) in [4.78, 5) is -0.253. The summed E-state index contributed by atoms with van der Waals surface area (Å²) < 4.78 is 22.1. The Morgan fingerprint density at radius 2 is 2.00 bits per heavy atom. The molecule has 0 aromatic heterocycles. The molecule has 0 atom stereocenters. The SMILES string of the molecule is Cc1ccc(S(=O)(=O)Cl)c(C#N)c1Cl. The van der Waals surface area contributed by atoms with Crippen molar-refractivity contribution in [3.8, 4) is 6.07 Å². The molecule has 0 unspecified atom stereocenters. The summed E-state index contributed by atoms with van der Waals surface area (Å²) in [6, 6.07) is 4.48. The minimum absolute atomic E-state index is 0.110. The highest BCUT2D eigenvalue weighted by atomic mass is 35.7. The Bertz CT molecular complexity index is 517. The Balaban J connectivity index is 3.66. The average molecular weight is 250 g/mol. The Morgan fingerprint density at radius 1 is 1.43 bits per heavy atom. The molecule has 0 fully saturated rings. The summed E-state index contributed by atoms with van der Waals surface area (Å²) in [5, 5.41) is 8.85. The van der Waals surface area contributed by atoms with E-state index in [-0.39, 0.29) is 15.5 Å². The van der Waals surface area contributed by atoms with Crippen molar-refractivity contribution in [3.63, 3.8) is 0 Å². The van der Waals surface area contributed by atoms with Gasteiger partial charge in [0.2, 0.25) is 0 Å². The van der Waals surface area contributed by atoms with Crippen molar-refractivity contribution in [3.05, 3.63) is 28.3 Å². The predicted octanol–water partition coefficient (Wildman–Crippen LogP) is 2.45. The van der Waals surface area contributed by atoms with Crippen LogP contribution < -0.4 is 0 Å². The van der Waals surface area contributed by atoms with Crippen LogP contribution in [0.1, 0.15) is 11.1 Å². The van der Waals surface area contributed by atoms with Crippen LogP contribution in [0.15, 0.2) is 17.0 Å². The number of hydrogen-bond donors (Lipinski definition) is 0. The van der Waals surface area contributed by atoms with Gasteiger partial charge < -0.3 is 0 Å². The lowest BCUT2D eigenvalue weighted by atomic mass is 10.1. The Morgan fingerprint density at radius 3 is 2.43 bits per heavy atom. The monoisotopic (exact) mass is 249 g/mol. The molecule has 0 radical (unpaired) electrons. The first-order valence-corrected chi connectivity index (χ1v) is 6.20.